The minimum atomic E-state index is -3.17. The molecule has 0 bridgehead atoms. The van der Waals surface area contributed by atoms with Gasteiger partial charge in [-0.15, -0.1) is 0 Å². The molecule has 7 nitrogen and oxygen atoms in total. The van der Waals surface area contributed by atoms with E-state index in [1.165, 1.54) is 6.92 Å². The number of aromatic carboxylic acids is 1. The highest BCUT2D eigenvalue weighted by Gasteiger charge is 2.14. The van der Waals surface area contributed by atoms with Crippen molar-refractivity contribution in [3.05, 3.63) is 22.1 Å². The first-order valence-electron chi connectivity index (χ1n) is 4.59. The molecule has 0 fully saturated rings. The molecule has 0 aliphatic heterocycles. The molecule has 0 saturated carbocycles. The quantitative estimate of drug-likeness (QED) is 0.716. The molecule has 8 heteroatoms. The number of sulfone groups is 1. The van der Waals surface area contributed by atoms with E-state index in [1.807, 2.05) is 0 Å². The van der Waals surface area contributed by atoms with Crippen LogP contribution < -0.4 is 5.56 Å². The normalized spacial score (nSPS) is 11.6. The van der Waals surface area contributed by atoms with Crippen LogP contribution in [0, 0.1) is 0 Å². The molecule has 0 atom stereocenters. The molecule has 0 aromatic carbocycles. The summed E-state index contributed by atoms with van der Waals surface area (Å²) in [6.45, 7) is 1.44. The minimum absolute atomic E-state index is 0.00571. The van der Waals surface area contributed by atoms with Crippen molar-refractivity contribution in [3.63, 3.8) is 0 Å². The number of aromatic nitrogens is 2. The molecule has 0 spiro atoms. The van der Waals surface area contributed by atoms with Gasteiger partial charge in [0.25, 0.3) is 5.56 Å². The molecule has 1 aromatic heterocycles. The van der Waals surface area contributed by atoms with E-state index < -0.39 is 26.9 Å². The van der Waals surface area contributed by atoms with Crippen LogP contribution in [0.1, 0.15) is 17.3 Å². The number of carboxylic acids is 1. The number of nitrogens with zero attached hydrogens (tertiary/aromatic N) is 1. The van der Waals surface area contributed by atoms with Crippen LogP contribution in [-0.2, 0) is 16.4 Å². The van der Waals surface area contributed by atoms with Crippen molar-refractivity contribution in [2.24, 2.45) is 0 Å². The van der Waals surface area contributed by atoms with Gasteiger partial charge in [-0.3, -0.25) is 9.48 Å². The van der Waals surface area contributed by atoms with Crippen molar-refractivity contribution in [1.82, 2.24) is 9.78 Å². The van der Waals surface area contributed by atoms with Gasteiger partial charge in [-0.2, -0.15) is 0 Å². The summed E-state index contributed by atoms with van der Waals surface area (Å²) in [5.74, 6) is -1.53. The predicted molar refractivity (Wildman–Crippen MR) is 56.3 cm³/mol. The Morgan fingerprint density at radius 1 is 1.56 bits per heavy atom. The molecule has 16 heavy (non-hydrogen) atoms. The SMILES string of the molecule is CCS(=O)(=O)CCn1[nH]cc(C(=O)O)c1=O. The Balaban J connectivity index is 2.85. The number of rotatable bonds is 5. The van der Waals surface area contributed by atoms with Crippen LogP contribution in [0.5, 0.6) is 0 Å². The van der Waals surface area contributed by atoms with Gasteiger partial charge in [0.15, 0.2) is 9.84 Å². The summed E-state index contributed by atoms with van der Waals surface area (Å²) >= 11 is 0. The summed E-state index contributed by atoms with van der Waals surface area (Å²) < 4.78 is 23.3. The lowest BCUT2D eigenvalue weighted by Gasteiger charge is -2.01. The van der Waals surface area contributed by atoms with Gasteiger partial charge in [0.2, 0.25) is 0 Å². The second-order valence-corrected chi connectivity index (χ2v) is 5.66. The minimum Gasteiger partial charge on any atom is -0.477 e. The summed E-state index contributed by atoms with van der Waals surface area (Å²) in [6.07, 6.45) is 1.04. The number of aryl methyl sites for hydroxylation is 1. The fraction of sp³-hybridized carbons (Fsp3) is 0.500. The fourth-order valence-corrected chi connectivity index (χ4v) is 1.85. The number of carbonyl (C=O) groups is 1. The molecule has 1 rings (SSSR count). The van der Waals surface area contributed by atoms with Gasteiger partial charge in [-0.1, -0.05) is 6.92 Å². The Kier molecular flexibility index (Phi) is 3.53. The van der Waals surface area contributed by atoms with Gasteiger partial charge in [-0.05, 0) is 0 Å². The maximum atomic E-state index is 11.4. The molecule has 0 aliphatic carbocycles. The van der Waals surface area contributed by atoms with Crippen molar-refractivity contribution in [2.75, 3.05) is 11.5 Å². The highest BCUT2D eigenvalue weighted by atomic mass is 32.2. The monoisotopic (exact) mass is 248 g/mol. The molecular formula is C8H12N2O5S. The zero-order chi connectivity index (χ0) is 12.3. The topological polar surface area (TPSA) is 109 Å². The molecular weight excluding hydrogens is 236 g/mol. The van der Waals surface area contributed by atoms with E-state index in [9.17, 15) is 18.0 Å². The third-order valence-electron chi connectivity index (χ3n) is 2.14. The van der Waals surface area contributed by atoms with E-state index in [0.717, 1.165) is 10.9 Å². The van der Waals surface area contributed by atoms with Crippen LogP contribution in [0.25, 0.3) is 0 Å². The average Bonchev–Trinajstić information content (AvgIpc) is 2.57. The summed E-state index contributed by atoms with van der Waals surface area (Å²) in [4.78, 5) is 21.9. The number of H-pyrrole nitrogens is 1. The summed E-state index contributed by atoms with van der Waals surface area (Å²) in [5.41, 5.74) is -1.12. The summed E-state index contributed by atoms with van der Waals surface area (Å²) in [6, 6.07) is 0. The van der Waals surface area contributed by atoms with Crippen LogP contribution in [0.4, 0.5) is 0 Å². The maximum Gasteiger partial charge on any atom is 0.342 e. The molecule has 90 valence electrons. The molecule has 2 N–H and O–H groups in total. The van der Waals surface area contributed by atoms with Gasteiger partial charge in [-0.25, -0.2) is 13.2 Å². The largest absolute Gasteiger partial charge is 0.477 e. The second kappa shape index (κ2) is 4.52. The van der Waals surface area contributed by atoms with Gasteiger partial charge in [0, 0.05) is 11.9 Å². The number of carboxylic acid groups (broad SMARTS) is 1. The van der Waals surface area contributed by atoms with Crippen molar-refractivity contribution >= 4 is 15.8 Å². The first kappa shape index (κ1) is 12.5. The number of hydrogen-bond acceptors (Lipinski definition) is 4. The van der Waals surface area contributed by atoms with Crippen LogP contribution in [0.15, 0.2) is 11.0 Å². The van der Waals surface area contributed by atoms with Crippen LogP contribution in [-0.4, -0.2) is 40.8 Å². The van der Waals surface area contributed by atoms with Gasteiger partial charge in [0.05, 0.1) is 12.3 Å². The molecule has 1 aromatic rings. The molecule has 0 radical (unpaired) electrons. The third-order valence-corrected chi connectivity index (χ3v) is 3.82. The van der Waals surface area contributed by atoms with Gasteiger partial charge in [0.1, 0.15) is 5.56 Å². The highest BCUT2D eigenvalue weighted by Crippen LogP contribution is 1.93. The van der Waals surface area contributed by atoms with E-state index >= 15 is 0 Å². The predicted octanol–water partition coefficient (Wildman–Crippen LogP) is -0.691. The summed E-state index contributed by atoms with van der Waals surface area (Å²) in [7, 11) is -3.17. The van der Waals surface area contributed by atoms with Gasteiger partial charge >= 0.3 is 5.97 Å². The Hall–Kier alpha value is -1.57. The van der Waals surface area contributed by atoms with E-state index in [1.54, 1.807) is 0 Å². The van der Waals surface area contributed by atoms with E-state index in [2.05, 4.69) is 5.10 Å². The van der Waals surface area contributed by atoms with E-state index in [4.69, 9.17) is 5.11 Å². The molecule has 0 amide bonds. The molecule has 0 saturated heterocycles. The molecule has 1 heterocycles. The smallest absolute Gasteiger partial charge is 0.342 e. The number of aromatic amines is 1. The number of nitrogens with one attached hydrogen (secondary N) is 1. The second-order valence-electron chi connectivity index (χ2n) is 3.19. The third kappa shape index (κ3) is 2.72. The van der Waals surface area contributed by atoms with Gasteiger partial charge < -0.3 is 10.2 Å². The van der Waals surface area contributed by atoms with Crippen molar-refractivity contribution in [2.45, 2.75) is 13.5 Å². The van der Waals surface area contributed by atoms with Crippen LogP contribution >= 0.6 is 0 Å². The average molecular weight is 248 g/mol. The first-order chi connectivity index (χ1) is 7.37. The van der Waals surface area contributed by atoms with E-state index in [0.29, 0.717) is 0 Å². The standard InChI is InChI=1S/C8H12N2O5S/c1-2-16(14,15)4-3-10-7(11)6(5-9-10)8(12)13/h5,9H,2-4H2,1H3,(H,12,13). The van der Waals surface area contributed by atoms with E-state index in [-0.39, 0.29) is 18.1 Å². The molecule has 0 aliphatic rings. The zero-order valence-corrected chi connectivity index (χ0v) is 9.45. The van der Waals surface area contributed by atoms with Crippen LogP contribution in [0.2, 0.25) is 0 Å². The van der Waals surface area contributed by atoms with Crippen molar-refractivity contribution in [3.8, 4) is 0 Å². The van der Waals surface area contributed by atoms with Crippen LogP contribution in [0.3, 0.4) is 0 Å². The Morgan fingerprint density at radius 3 is 2.62 bits per heavy atom. The Labute approximate surface area is 91.6 Å². The lowest BCUT2D eigenvalue weighted by Crippen LogP contribution is -2.25. The fourth-order valence-electron chi connectivity index (χ4n) is 1.10. The summed E-state index contributed by atoms with van der Waals surface area (Å²) in [5, 5.41) is 11.0. The number of hydrogen-bond donors (Lipinski definition) is 2. The Morgan fingerprint density at radius 2 is 2.19 bits per heavy atom. The first-order valence-corrected chi connectivity index (χ1v) is 6.41. The lowest BCUT2D eigenvalue weighted by atomic mass is 10.4. The maximum absolute atomic E-state index is 11.4. The lowest BCUT2D eigenvalue weighted by molar-refractivity contribution is 0.0695. The van der Waals surface area contributed by atoms with Crippen molar-refractivity contribution < 1.29 is 18.3 Å². The highest BCUT2D eigenvalue weighted by molar-refractivity contribution is 7.91. The zero-order valence-electron chi connectivity index (χ0n) is 8.63. The molecule has 0 unspecified atom stereocenters. The van der Waals surface area contributed by atoms with Crippen molar-refractivity contribution in [1.29, 1.82) is 0 Å². The Bertz CT molecular complexity index is 539.